The monoisotopic (exact) mass is 486 g/mol. The van der Waals surface area contributed by atoms with Crippen molar-refractivity contribution in [3.63, 3.8) is 0 Å². The molecule has 0 aliphatic carbocycles. The number of hydrogen-bond donors (Lipinski definition) is 1. The van der Waals surface area contributed by atoms with Gasteiger partial charge in [0.2, 0.25) is 5.95 Å². The number of anilines is 1. The van der Waals surface area contributed by atoms with Gasteiger partial charge in [-0.05, 0) is 43.5 Å². The van der Waals surface area contributed by atoms with Gasteiger partial charge in [-0.1, -0.05) is 18.2 Å². The van der Waals surface area contributed by atoms with Crippen LogP contribution in [-0.4, -0.2) is 48.1 Å². The lowest BCUT2D eigenvalue weighted by Gasteiger charge is -2.31. The fourth-order valence-corrected chi connectivity index (χ4v) is 5.45. The van der Waals surface area contributed by atoms with Crippen molar-refractivity contribution in [2.75, 3.05) is 18.0 Å². The SMILES string of the molecule is CCn1c(N2CCCC(N)C2)nc2c1c(=O)n(CC1=Nc3ccccc3Cn3cccc31)c(=O)n2C. The smallest absolute Gasteiger partial charge is 0.332 e. The van der Waals surface area contributed by atoms with Gasteiger partial charge in [-0.2, -0.15) is 4.98 Å². The van der Waals surface area contributed by atoms with Gasteiger partial charge in [0, 0.05) is 45.5 Å². The predicted octanol–water partition coefficient (Wildman–Crippen LogP) is 1.83. The Morgan fingerprint density at radius 3 is 2.75 bits per heavy atom. The molecule has 4 aromatic rings. The van der Waals surface area contributed by atoms with Crippen LogP contribution in [-0.2, 0) is 26.7 Å². The number of rotatable bonds is 4. The molecule has 186 valence electrons. The third-order valence-electron chi connectivity index (χ3n) is 7.29. The third-order valence-corrected chi connectivity index (χ3v) is 7.29. The fourth-order valence-electron chi connectivity index (χ4n) is 5.45. The quantitative estimate of drug-likeness (QED) is 0.474. The molecule has 36 heavy (non-hydrogen) atoms. The van der Waals surface area contributed by atoms with E-state index >= 15 is 0 Å². The highest BCUT2D eigenvalue weighted by atomic mass is 16.2. The maximum atomic E-state index is 13.9. The van der Waals surface area contributed by atoms with Crippen molar-refractivity contribution in [1.29, 1.82) is 0 Å². The minimum atomic E-state index is -0.409. The van der Waals surface area contributed by atoms with Crippen LogP contribution in [0.4, 0.5) is 11.6 Å². The van der Waals surface area contributed by atoms with Crippen molar-refractivity contribution >= 4 is 28.5 Å². The summed E-state index contributed by atoms with van der Waals surface area (Å²) in [6.07, 6.45) is 3.94. The average Bonchev–Trinajstić information content (AvgIpc) is 3.47. The first-order chi connectivity index (χ1) is 17.5. The van der Waals surface area contributed by atoms with Crippen molar-refractivity contribution in [3.8, 4) is 0 Å². The number of para-hydroxylation sites is 1. The van der Waals surface area contributed by atoms with E-state index in [4.69, 9.17) is 15.7 Å². The molecule has 10 heteroatoms. The highest BCUT2D eigenvalue weighted by molar-refractivity contribution is 6.01. The van der Waals surface area contributed by atoms with Crippen LogP contribution in [0.15, 0.2) is 57.2 Å². The Bertz CT molecular complexity index is 1620. The second-order valence-electron chi connectivity index (χ2n) is 9.62. The van der Waals surface area contributed by atoms with Crippen molar-refractivity contribution in [2.24, 2.45) is 17.8 Å². The number of fused-ring (bicyclic) bond motifs is 3. The van der Waals surface area contributed by atoms with Gasteiger partial charge >= 0.3 is 5.69 Å². The van der Waals surface area contributed by atoms with E-state index < -0.39 is 5.69 Å². The normalized spacial score (nSPS) is 17.6. The summed E-state index contributed by atoms with van der Waals surface area (Å²) in [6.45, 7) is 4.80. The summed E-state index contributed by atoms with van der Waals surface area (Å²) in [7, 11) is 1.67. The zero-order valence-corrected chi connectivity index (χ0v) is 20.6. The number of aryl methyl sites for hydroxylation is 2. The third kappa shape index (κ3) is 3.51. The van der Waals surface area contributed by atoms with Crippen LogP contribution in [0.5, 0.6) is 0 Å². The van der Waals surface area contributed by atoms with E-state index in [0.717, 1.165) is 36.3 Å². The zero-order valence-electron chi connectivity index (χ0n) is 20.6. The molecule has 5 heterocycles. The summed E-state index contributed by atoms with van der Waals surface area (Å²) in [5.41, 5.74) is 9.80. The molecule has 1 saturated heterocycles. The Morgan fingerprint density at radius 1 is 1.11 bits per heavy atom. The maximum absolute atomic E-state index is 13.9. The first kappa shape index (κ1) is 22.5. The molecule has 2 aliphatic rings. The maximum Gasteiger partial charge on any atom is 0.332 e. The van der Waals surface area contributed by atoms with Crippen LogP contribution in [0.25, 0.3) is 11.2 Å². The highest BCUT2D eigenvalue weighted by Gasteiger charge is 2.26. The molecular weight excluding hydrogens is 456 g/mol. The molecule has 2 aliphatic heterocycles. The van der Waals surface area contributed by atoms with Crippen molar-refractivity contribution in [2.45, 2.75) is 45.4 Å². The topological polar surface area (TPSA) is 108 Å². The number of hydrogen-bond acceptors (Lipinski definition) is 6. The second kappa shape index (κ2) is 8.63. The van der Waals surface area contributed by atoms with Crippen LogP contribution >= 0.6 is 0 Å². The summed E-state index contributed by atoms with van der Waals surface area (Å²) in [4.78, 5) is 39.2. The number of aliphatic imine (C=N–C) groups is 1. The highest BCUT2D eigenvalue weighted by Crippen LogP contribution is 2.26. The largest absolute Gasteiger partial charge is 0.342 e. The predicted molar refractivity (Wildman–Crippen MR) is 141 cm³/mol. The van der Waals surface area contributed by atoms with Crippen LogP contribution in [0, 0.1) is 0 Å². The summed E-state index contributed by atoms with van der Waals surface area (Å²) in [5.74, 6) is 0.696. The van der Waals surface area contributed by atoms with Gasteiger partial charge in [-0.25, -0.2) is 9.79 Å². The van der Waals surface area contributed by atoms with Crippen LogP contribution in [0.2, 0.25) is 0 Å². The number of piperidine rings is 1. The molecule has 1 fully saturated rings. The lowest BCUT2D eigenvalue weighted by molar-refractivity contribution is 0.494. The Balaban J connectivity index is 1.51. The first-order valence-electron chi connectivity index (χ1n) is 12.5. The molecule has 0 bridgehead atoms. The molecular formula is C26H30N8O2. The Labute approximate surface area is 207 Å². The minimum absolute atomic E-state index is 0.0664. The van der Waals surface area contributed by atoms with Crippen LogP contribution in [0.3, 0.4) is 0 Å². The van der Waals surface area contributed by atoms with Gasteiger partial charge in [0.15, 0.2) is 11.2 Å². The van der Waals surface area contributed by atoms with E-state index in [1.54, 1.807) is 7.05 Å². The molecule has 0 spiro atoms. The molecule has 0 radical (unpaired) electrons. The lowest BCUT2D eigenvalue weighted by atomic mass is 10.1. The van der Waals surface area contributed by atoms with Gasteiger partial charge in [0.05, 0.1) is 23.6 Å². The lowest BCUT2D eigenvalue weighted by Crippen LogP contribution is -2.44. The van der Waals surface area contributed by atoms with Crippen LogP contribution < -0.4 is 21.9 Å². The van der Waals surface area contributed by atoms with E-state index in [1.807, 2.05) is 48.0 Å². The summed E-state index contributed by atoms with van der Waals surface area (Å²) < 4.78 is 6.78. The van der Waals surface area contributed by atoms with Crippen molar-refractivity contribution in [3.05, 3.63) is 74.7 Å². The van der Waals surface area contributed by atoms with E-state index in [0.29, 0.717) is 42.5 Å². The van der Waals surface area contributed by atoms with E-state index in [1.165, 1.54) is 9.13 Å². The summed E-state index contributed by atoms with van der Waals surface area (Å²) >= 11 is 0. The summed E-state index contributed by atoms with van der Waals surface area (Å²) in [6, 6.07) is 12.0. The van der Waals surface area contributed by atoms with Gasteiger partial charge < -0.3 is 19.8 Å². The molecule has 1 aromatic carbocycles. The van der Waals surface area contributed by atoms with E-state index in [-0.39, 0.29) is 18.1 Å². The molecule has 1 atom stereocenters. The number of nitrogens with zero attached hydrogens (tertiary/aromatic N) is 7. The van der Waals surface area contributed by atoms with Gasteiger partial charge in [-0.15, -0.1) is 0 Å². The molecule has 2 N–H and O–H groups in total. The number of benzene rings is 1. The van der Waals surface area contributed by atoms with Crippen molar-refractivity contribution in [1.82, 2.24) is 23.3 Å². The van der Waals surface area contributed by atoms with E-state index in [2.05, 4.69) is 15.5 Å². The number of nitrogens with two attached hydrogens (primary N) is 1. The first-order valence-corrected chi connectivity index (χ1v) is 12.5. The Kier molecular flexibility index (Phi) is 5.40. The van der Waals surface area contributed by atoms with E-state index in [9.17, 15) is 9.59 Å². The van der Waals surface area contributed by atoms with Crippen molar-refractivity contribution < 1.29 is 0 Å². The Morgan fingerprint density at radius 2 is 1.94 bits per heavy atom. The van der Waals surface area contributed by atoms with Gasteiger partial charge in [0.25, 0.3) is 5.56 Å². The Hall–Kier alpha value is -3.92. The average molecular weight is 487 g/mol. The standard InChI is InChI=1S/C26H30N8O2/c1-3-33-22-23(29-25(33)32-13-6-9-18(27)15-32)30(2)26(36)34(24(22)35)16-20-21-11-7-12-31(21)14-17-8-4-5-10-19(17)28-20/h4-5,7-8,10-12,18H,3,6,9,13-16,27H2,1-2H3. The number of aromatic nitrogens is 5. The van der Waals surface area contributed by atoms with Crippen LogP contribution in [0.1, 0.15) is 31.0 Å². The number of imidazole rings is 1. The molecule has 1 unspecified atom stereocenters. The molecule has 6 rings (SSSR count). The van der Waals surface area contributed by atoms with Gasteiger partial charge in [-0.3, -0.25) is 13.9 Å². The fraction of sp³-hybridized carbons (Fsp3) is 0.385. The van der Waals surface area contributed by atoms with Gasteiger partial charge in [0.1, 0.15) is 0 Å². The zero-order chi connectivity index (χ0) is 25.0. The molecule has 0 saturated carbocycles. The molecule has 0 amide bonds. The second-order valence-corrected chi connectivity index (χ2v) is 9.62. The summed E-state index contributed by atoms with van der Waals surface area (Å²) in [5, 5.41) is 0. The molecule has 10 nitrogen and oxygen atoms in total. The molecule has 3 aromatic heterocycles. The minimum Gasteiger partial charge on any atom is -0.342 e.